The summed E-state index contributed by atoms with van der Waals surface area (Å²) in [6, 6.07) is 5.76. The quantitative estimate of drug-likeness (QED) is 0.747. The lowest BCUT2D eigenvalue weighted by Gasteiger charge is -2.32. The number of piperidine rings is 1. The van der Waals surface area contributed by atoms with Crippen molar-refractivity contribution >= 4 is 17.1 Å². The lowest BCUT2D eigenvalue weighted by molar-refractivity contribution is 0.0690. The molecular weight excluding hydrogens is 363 g/mol. The fourth-order valence-corrected chi connectivity index (χ4v) is 3.77. The van der Waals surface area contributed by atoms with E-state index in [1.807, 2.05) is 0 Å². The third-order valence-electron chi connectivity index (χ3n) is 5.49. The summed E-state index contributed by atoms with van der Waals surface area (Å²) >= 11 is 0. The van der Waals surface area contributed by atoms with Gasteiger partial charge in [0.05, 0.1) is 6.04 Å². The molecule has 2 aromatic heterocycles. The Kier molecular flexibility index (Phi) is 3.96. The highest BCUT2D eigenvalue weighted by Gasteiger charge is 2.30. The van der Waals surface area contributed by atoms with E-state index in [-0.39, 0.29) is 23.0 Å². The molecule has 0 bridgehead atoms. The molecule has 5 rings (SSSR count). The van der Waals surface area contributed by atoms with Crippen LogP contribution in [0.1, 0.15) is 53.8 Å². The fourth-order valence-electron chi connectivity index (χ4n) is 3.77. The number of nitrogens with one attached hydrogen (secondary N) is 1. The lowest BCUT2D eigenvalue weighted by atomic mass is 10.0. The normalized spacial score (nSPS) is 18.0. The van der Waals surface area contributed by atoms with Crippen LogP contribution in [0.15, 0.2) is 29.1 Å². The minimum absolute atomic E-state index is 0.0166. The monoisotopic (exact) mass is 382 g/mol. The molecule has 0 atom stereocenters. The number of hydrogen-bond acceptors (Lipinski definition) is 5. The smallest absolute Gasteiger partial charge is 0.281 e. The SMILES string of the molecule is O=C(c1cccc(F)c1)N1CCC(n2nnc3c(=O)[nH]c(C4CC4)nc32)CC1. The average Bonchev–Trinajstić information content (AvgIpc) is 3.47. The predicted octanol–water partition coefficient (Wildman–Crippen LogP) is 2.01. The van der Waals surface area contributed by atoms with Gasteiger partial charge in [0.25, 0.3) is 11.5 Å². The van der Waals surface area contributed by atoms with Crippen LogP contribution in [0.3, 0.4) is 0 Å². The van der Waals surface area contributed by atoms with E-state index < -0.39 is 5.82 Å². The fraction of sp³-hybridized carbons (Fsp3) is 0.421. The zero-order chi connectivity index (χ0) is 19.3. The molecule has 0 radical (unpaired) electrons. The number of aromatic nitrogens is 5. The molecule has 144 valence electrons. The van der Waals surface area contributed by atoms with Crippen LogP contribution in [0, 0.1) is 5.82 Å². The number of aromatic amines is 1. The Morgan fingerprint density at radius 2 is 1.96 bits per heavy atom. The third-order valence-corrected chi connectivity index (χ3v) is 5.49. The number of rotatable bonds is 3. The van der Waals surface area contributed by atoms with Gasteiger partial charge in [-0.2, -0.15) is 0 Å². The van der Waals surface area contributed by atoms with E-state index in [9.17, 15) is 14.0 Å². The second-order valence-corrected chi connectivity index (χ2v) is 7.47. The van der Waals surface area contributed by atoms with Crippen molar-refractivity contribution in [3.63, 3.8) is 0 Å². The van der Waals surface area contributed by atoms with Gasteiger partial charge in [0.1, 0.15) is 11.6 Å². The van der Waals surface area contributed by atoms with Crippen molar-refractivity contribution in [3.05, 3.63) is 51.8 Å². The van der Waals surface area contributed by atoms with Crippen LogP contribution >= 0.6 is 0 Å². The number of carbonyl (C=O) groups is 1. The second kappa shape index (κ2) is 6.50. The summed E-state index contributed by atoms with van der Waals surface area (Å²) in [6.07, 6.45) is 3.42. The standard InChI is InChI=1S/C19H19FN6O2/c20-13-3-1-2-12(10-13)19(28)25-8-6-14(7-9-25)26-17-15(23-24-26)18(27)22-16(21-17)11-4-5-11/h1-3,10-11,14H,4-9H2,(H,21,22,27). The average molecular weight is 382 g/mol. The first-order valence-corrected chi connectivity index (χ1v) is 9.50. The van der Waals surface area contributed by atoms with Crippen molar-refractivity contribution in [3.8, 4) is 0 Å². The summed E-state index contributed by atoms with van der Waals surface area (Å²) in [4.78, 5) is 34.0. The number of carbonyl (C=O) groups excluding carboxylic acids is 1. The number of likely N-dealkylation sites (tertiary alicyclic amines) is 1. The highest BCUT2D eigenvalue weighted by atomic mass is 19.1. The largest absolute Gasteiger partial charge is 0.338 e. The lowest BCUT2D eigenvalue weighted by Crippen LogP contribution is -2.39. The second-order valence-electron chi connectivity index (χ2n) is 7.47. The van der Waals surface area contributed by atoms with Gasteiger partial charge in [-0.25, -0.2) is 14.1 Å². The van der Waals surface area contributed by atoms with E-state index in [1.165, 1.54) is 18.2 Å². The van der Waals surface area contributed by atoms with Crippen LogP contribution in [0.25, 0.3) is 11.2 Å². The Morgan fingerprint density at radius 3 is 2.68 bits per heavy atom. The third kappa shape index (κ3) is 2.96. The molecule has 2 aliphatic rings. The van der Waals surface area contributed by atoms with Gasteiger partial charge in [-0.1, -0.05) is 11.3 Å². The minimum Gasteiger partial charge on any atom is -0.338 e. The van der Waals surface area contributed by atoms with Crippen LogP contribution in [0.5, 0.6) is 0 Å². The molecule has 0 unspecified atom stereocenters. The number of amides is 1. The van der Waals surface area contributed by atoms with Crippen LogP contribution in [-0.4, -0.2) is 48.9 Å². The van der Waals surface area contributed by atoms with Crippen molar-refractivity contribution in [2.75, 3.05) is 13.1 Å². The van der Waals surface area contributed by atoms with Crippen molar-refractivity contribution < 1.29 is 9.18 Å². The van der Waals surface area contributed by atoms with E-state index in [1.54, 1.807) is 15.6 Å². The Labute approximate surface area is 159 Å². The Balaban J connectivity index is 1.36. The van der Waals surface area contributed by atoms with Gasteiger partial charge in [-0.3, -0.25) is 9.59 Å². The van der Waals surface area contributed by atoms with Gasteiger partial charge < -0.3 is 9.88 Å². The number of hydrogen-bond donors (Lipinski definition) is 1. The molecule has 1 N–H and O–H groups in total. The van der Waals surface area contributed by atoms with Gasteiger partial charge >= 0.3 is 0 Å². The molecule has 1 aliphatic carbocycles. The minimum atomic E-state index is -0.419. The molecule has 2 fully saturated rings. The number of fused-ring (bicyclic) bond motifs is 1. The highest BCUT2D eigenvalue weighted by Crippen LogP contribution is 2.38. The van der Waals surface area contributed by atoms with Crippen LogP contribution < -0.4 is 5.56 Å². The predicted molar refractivity (Wildman–Crippen MR) is 98.5 cm³/mol. The number of halogens is 1. The van der Waals surface area contributed by atoms with Crippen LogP contribution in [0.4, 0.5) is 4.39 Å². The first-order chi connectivity index (χ1) is 13.6. The van der Waals surface area contributed by atoms with Crippen molar-refractivity contribution in [2.24, 2.45) is 0 Å². The van der Waals surface area contributed by atoms with Crippen molar-refractivity contribution in [1.29, 1.82) is 0 Å². The molecule has 1 aliphatic heterocycles. The zero-order valence-corrected chi connectivity index (χ0v) is 15.1. The number of H-pyrrole nitrogens is 1. The number of nitrogens with zero attached hydrogens (tertiary/aromatic N) is 5. The van der Waals surface area contributed by atoms with Gasteiger partial charge in [0.15, 0.2) is 11.2 Å². The highest BCUT2D eigenvalue weighted by molar-refractivity contribution is 5.94. The molecule has 0 spiro atoms. The molecule has 1 saturated carbocycles. The Hall–Kier alpha value is -3.10. The van der Waals surface area contributed by atoms with E-state index in [2.05, 4.69) is 20.3 Å². The molecule has 3 heterocycles. The molecular formula is C19H19FN6O2. The molecule has 3 aromatic rings. The first-order valence-electron chi connectivity index (χ1n) is 9.50. The molecule has 1 saturated heterocycles. The first kappa shape index (κ1) is 17.0. The maximum Gasteiger partial charge on any atom is 0.281 e. The number of benzene rings is 1. The summed E-state index contributed by atoms with van der Waals surface area (Å²) < 4.78 is 15.1. The topological polar surface area (TPSA) is 96.8 Å². The van der Waals surface area contributed by atoms with Gasteiger partial charge in [0, 0.05) is 24.6 Å². The summed E-state index contributed by atoms with van der Waals surface area (Å²) in [5.74, 6) is 0.440. The summed E-state index contributed by atoms with van der Waals surface area (Å²) in [6.45, 7) is 1.06. The van der Waals surface area contributed by atoms with Gasteiger partial charge in [-0.15, -0.1) is 5.10 Å². The Morgan fingerprint density at radius 1 is 1.18 bits per heavy atom. The zero-order valence-electron chi connectivity index (χ0n) is 15.1. The van der Waals surface area contributed by atoms with E-state index in [0.717, 1.165) is 12.8 Å². The molecule has 1 aromatic carbocycles. The van der Waals surface area contributed by atoms with E-state index >= 15 is 0 Å². The van der Waals surface area contributed by atoms with E-state index in [4.69, 9.17) is 0 Å². The Bertz CT molecular complexity index is 1110. The molecule has 9 heteroatoms. The van der Waals surface area contributed by atoms with Crippen molar-refractivity contribution in [2.45, 2.75) is 37.6 Å². The van der Waals surface area contributed by atoms with Crippen LogP contribution in [0.2, 0.25) is 0 Å². The molecule has 8 nitrogen and oxygen atoms in total. The van der Waals surface area contributed by atoms with Crippen molar-refractivity contribution in [1.82, 2.24) is 29.9 Å². The maximum absolute atomic E-state index is 13.4. The molecule has 1 amide bonds. The molecule has 28 heavy (non-hydrogen) atoms. The maximum atomic E-state index is 13.4. The summed E-state index contributed by atoms with van der Waals surface area (Å²) in [7, 11) is 0. The van der Waals surface area contributed by atoms with Gasteiger partial charge in [-0.05, 0) is 43.9 Å². The van der Waals surface area contributed by atoms with Crippen LogP contribution in [-0.2, 0) is 0 Å². The summed E-state index contributed by atoms with van der Waals surface area (Å²) in [5.41, 5.74) is 0.868. The van der Waals surface area contributed by atoms with Gasteiger partial charge in [0.2, 0.25) is 0 Å². The summed E-state index contributed by atoms with van der Waals surface area (Å²) in [5, 5.41) is 8.18. The van der Waals surface area contributed by atoms with E-state index in [0.29, 0.717) is 48.9 Å².